The molecule has 2 aliphatic rings. The molecule has 0 aromatic rings. The zero-order valence-electron chi connectivity index (χ0n) is 7.00. The van der Waals surface area contributed by atoms with Gasteiger partial charge in [0, 0.05) is 23.6 Å². The van der Waals surface area contributed by atoms with Crippen molar-refractivity contribution < 1.29 is 9.59 Å². The van der Waals surface area contributed by atoms with E-state index in [2.05, 4.69) is 10.6 Å². The number of rotatable bonds is 2. The Morgan fingerprint density at radius 1 is 1.54 bits per heavy atom. The number of amides is 2. The fraction of sp³-hybridized carbons (Fsp3) is 0.500. The first-order chi connectivity index (χ1) is 6.24. The highest BCUT2D eigenvalue weighted by Gasteiger charge is 2.24. The highest BCUT2D eigenvalue weighted by Crippen LogP contribution is 2.19. The highest BCUT2D eigenvalue weighted by atomic mass is 32.2. The smallest absolute Gasteiger partial charge is 0.319 e. The third-order valence-corrected chi connectivity index (χ3v) is 2.71. The van der Waals surface area contributed by atoms with Gasteiger partial charge < -0.3 is 10.6 Å². The van der Waals surface area contributed by atoms with Gasteiger partial charge in [-0.1, -0.05) is 11.8 Å². The summed E-state index contributed by atoms with van der Waals surface area (Å²) in [6.45, 7) is 0. The van der Waals surface area contributed by atoms with Gasteiger partial charge >= 0.3 is 6.03 Å². The molecule has 0 unspecified atom stereocenters. The number of hydrogen-bond acceptors (Lipinski definition) is 3. The number of thioether (sulfide) groups is 1. The van der Waals surface area contributed by atoms with E-state index in [-0.39, 0.29) is 11.1 Å². The maximum absolute atomic E-state index is 11.2. The summed E-state index contributed by atoms with van der Waals surface area (Å²) in [5.74, 6) is 0.580. The van der Waals surface area contributed by atoms with Crippen LogP contribution in [0.5, 0.6) is 0 Å². The molecule has 0 bridgehead atoms. The van der Waals surface area contributed by atoms with Crippen LogP contribution in [0.15, 0.2) is 11.8 Å². The second-order valence-corrected chi connectivity index (χ2v) is 4.13. The summed E-state index contributed by atoms with van der Waals surface area (Å²) in [6, 6.07) is 0.161. The molecule has 2 N–H and O–H groups in total. The third-order valence-electron chi connectivity index (χ3n) is 1.85. The second-order valence-electron chi connectivity index (χ2n) is 3.15. The normalized spacial score (nSPS) is 21.2. The molecule has 1 aliphatic carbocycles. The van der Waals surface area contributed by atoms with E-state index in [1.165, 1.54) is 17.8 Å². The van der Waals surface area contributed by atoms with Crippen LogP contribution in [0.4, 0.5) is 4.79 Å². The lowest BCUT2D eigenvalue weighted by atomic mass is 10.4. The van der Waals surface area contributed by atoms with Gasteiger partial charge in [0.25, 0.3) is 0 Å². The first kappa shape index (κ1) is 8.62. The van der Waals surface area contributed by atoms with Gasteiger partial charge in [0.15, 0.2) is 0 Å². The average molecular weight is 198 g/mol. The summed E-state index contributed by atoms with van der Waals surface area (Å²) in [5.41, 5.74) is 0.702. The Kier molecular flexibility index (Phi) is 2.26. The van der Waals surface area contributed by atoms with Crippen LogP contribution in [0, 0.1) is 0 Å². The maximum Gasteiger partial charge on any atom is 0.319 e. The standard InChI is InChI=1S/C8H10N2O2S/c11-7-3-6(4-13-7)10-8(12)9-5-1-2-5/h3,5H,1-2,4H2,(H2,9,10,12). The van der Waals surface area contributed by atoms with Crippen molar-refractivity contribution in [3.05, 3.63) is 11.8 Å². The number of nitrogens with one attached hydrogen (secondary N) is 2. The van der Waals surface area contributed by atoms with Crippen LogP contribution in [0.25, 0.3) is 0 Å². The largest absolute Gasteiger partial charge is 0.335 e. The van der Waals surface area contributed by atoms with Gasteiger partial charge in [0.2, 0.25) is 5.12 Å². The minimum absolute atomic E-state index is 0.0155. The van der Waals surface area contributed by atoms with E-state index in [1.807, 2.05) is 0 Å². The lowest BCUT2D eigenvalue weighted by Gasteiger charge is -2.05. The quantitative estimate of drug-likeness (QED) is 0.683. The van der Waals surface area contributed by atoms with Crippen molar-refractivity contribution in [1.82, 2.24) is 10.6 Å². The lowest BCUT2D eigenvalue weighted by molar-refractivity contribution is -0.106. The van der Waals surface area contributed by atoms with Crippen molar-refractivity contribution in [1.29, 1.82) is 0 Å². The minimum Gasteiger partial charge on any atom is -0.335 e. The summed E-state index contributed by atoms with van der Waals surface area (Å²) in [6.07, 6.45) is 3.61. The summed E-state index contributed by atoms with van der Waals surface area (Å²) in [4.78, 5) is 22.0. The summed E-state index contributed by atoms with van der Waals surface area (Å²) in [7, 11) is 0. The molecule has 2 amide bonds. The average Bonchev–Trinajstić information content (AvgIpc) is 2.76. The fourth-order valence-corrected chi connectivity index (χ4v) is 1.72. The molecule has 70 valence electrons. The van der Waals surface area contributed by atoms with Gasteiger partial charge in [-0.05, 0) is 12.8 Å². The van der Waals surface area contributed by atoms with Crippen LogP contribution < -0.4 is 10.6 Å². The van der Waals surface area contributed by atoms with Crippen molar-refractivity contribution in [3.63, 3.8) is 0 Å². The predicted octanol–water partition coefficient (Wildman–Crippen LogP) is 0.605. The highest BCUT2D eigenvalue weighted by molar-refractivity contribution is 8.14. The van der Waals surface area contributed by atoms with Crippen LogP contribution in [-0.4, -0.2) is 22.9 Å². The molecule has 4 nitrogen and oxygen atoms in total. The van der Waals surface area contributed by atoms with E-state index in [0.29, 0.717) is 17.5 Å². The van der Waals surface area contributed by atoms with Crippen molar-refractivity contribution in [2.75, 3.05) is 5.75 Å². The molecule has 1 aliphatic heterocycles. The Morgan fingerprint density at radius 2 is 2.31 bits per heavy atom. The topological polar surface area (TPSA) is 58.2 Å². The molecule has 5 heteroatoms. The molecule has 0 radical (unpaired) electrons. The van der Waals surface area contributed by atoms with Crippen LogP contribution in [0.3, 0.4) is 0 Å². The molecular weight excluding hydrogens is 188 g/mol. The van der Waals surface area contributed by atoms with E-state index in [1.54, 1.807) is 0 Å². The van der Waals surface area contributed by atoms with E-state index in [4.69, 9.17) is 0 Å². The van der Waals surface area contributed by atoms with E-state index >= 15 is 0 Å². The molecule has 13 heavy (non-hydrogen) atoms. The first-order valence-electron chi connectivity index (χ1n) is 4.19. The molecule has 0 spiro atoms. The van der Waals surface area contributed by atoms with Gasteiger partial charge in [-0.3, -0.25) is 4.79 Å². The molecule has 1 fully saturated rings. The van der Waals surface area contributed by atoms with E-state index in [0.717, 1.165) is 12.8 Å². The van der Waals surface area contributed by atoms with Crippen molar-refractivity contribution >= 4 is 22.9 Å². The maximum atomic E-state index is 11.2. The summed E-state index contributed by atoms with van der Waals surface area (Å²) >= 11 is 1.21. The SMILES string of the molecule is O=C(NC1=CC(=O)SC1)NC1CC1. The van der Waals surface area contributed by atoms with Crippen molar-refractivity contribution in [2.24, 2.45) is 0 Å². The van der Waals surface area contributed by atoms with Crippen LogP contribution in [-0.2, 0) is 4.79 Å². The number of urea groups is 1. The molecule has 1 saturated carbocycles. The monoisotopic (exact) mass is 198 g/mol. The predicted molar refractivity (Wildman–Crippen MR) is 50.2 cm³/mol. The Hall–Kier alpha value is -0.970. The Labute approximate surface area is 80.1 Å². The molecule has 0 saturated heterocycles. The van der Waals surface area contributed by atoms with Gasteiger partial charge in [0.1, 0.15) is 0 Å². The Morgan fingerprint density at radius 3 is 2.85 bits per heavy atom. The second kappa shape index (κ2) is 3.41. The van der Waals surface area contributed by atoms with Crippen molar-refractivity contribution in [3.8, 4) is 0 Å². The zero-order chi connectivity index (χ0) is 9.26. The summed E-state index contributed by atoms with van der Waals surface area (Å²) < 4.78 is 0. The Bertz CT molecular complexity index is 284. The molecule has 0 aromatic carbocycles. The number of carbonyl (C=O) groups is 2. The molecule has 0 atom stereocenters. The molecule has 0 aromatic heterocycles. The molecular formula is C8H10N2O2S. The van der Waals surface area contributed by atoms with E-state index < -0.39 is 0 Å². The van der Waals surface area contributed by atoms with Gasteiger partial charge in [-0.15, -0.1) is 0 Å². The summed E-state index contributed by atoms with van der Waals surface area (Å²) in [5, 5.41) is 5.45. The van der Waals surface area contributed by atoms with Gasteiger partial charge in [-0.2, -0.15) is 0 Å². The zero-order valence-corrected chi connectivity index (χ0v) is 7.82. The third kappa shape index (κ3) is 2.48. The number of carbonyl (C=O) groups excluding carboxylic acids is 2. The van der Waals surface area contributed by atoms with E-state index in [9.17, 15) is 9.59 Å². The molecule has 1 heterocycles. The number of hydrogen-bond donors (Lipinski definition) is 2. The van der Waals surface area contributed by atoms with Gasteiger partial charge in [0.05, 0.1) is 0 Å². The molecule has 2 rings (SSSR count). The van der Waals surface area contributed by atoms with Gasteiger partial charge in [-0.25, -0.2) is 4.79 Å². The van der Waals surface area contributed by atoms with Crippen molar-refractivity contribution in [2.45, 2.75) is 18.9 Å². The van der Waals surface area contributed by atoms with Crippen LogP contribution in [0.1, 0.15) is 12.8 Å². The van der Waals surface area contributed by atoms with Crippen LogP contribution in [0.2, 0.25) is 0 Å². The Balaban J connectivity index is 1.79. The minimum atomic E-state index is -0.191. The fourth-order valence-electron chi connectivity index (χ4n) is 1.04. The first-order valence-corrected chi connectivity index (χ1v) is 5.17. The lowest BCUT2D eigenvalue weighted by Crippen LogP contribution is -2.36. The van der Waals surface area contributed by atoms with Crippen LogP contribution >= 0.6 is 11.8 Å².